The number of rotatable bonds is 4. The summed E-state index contributed by atoms with van der Waals surface area (Å²) in [5, 5.41) is 17.9. The summed E-state index contributed by atoms with van der Waals surface area (Å²) in [6.45, 7) is 0.283. The minimum atomic E-state index is -1.47. The molecular formula is C9H12BNO3. The van der Waals surface area contributed by atoms with Gasteiger partial charge in [0, 0.05) is 12.7 Å². The maximum atomic E-state index is 10.3. The molecule has 14 heavy (non-hydrogen) atoms. The monoisotopic (exact) mass is 193 g/mol. The molecule has 74 valence electrons. The van der Waals surface area contributed by atoms with Crippen molar-refractivity contribution in [3.05, 3.63) is 24.3 Å². The van der Waals surface area contributed by atoms with Gasteiger partial charge in [0.1, 0.15) is 6.29 Å². The van der Waals surface area contributed by atoms with E-state index in [9.17, 15) is 4.79 Å². The maximum Gasteiger partial charge on any atom is 0.488 e. The van der Waals surface area contributed by atoms with E-state index in [1.54, 1.807) is 36.2 Å². The molecule has 0 fully saturated rings. The van der Waals surface area contributed by atoms with E-state index in [0.29, 0.717) is 5.46 Å². The van der Waals surface area contributed by atoms with Gasteiger partial charge in [-0.05, 0) is 17.6 Å². The van der Waals surface area contributed by atoms with Crippen molar-refractivity contribution in [1.82, 2.24) is 0 Å². The lowest BCUT2D eigenvalue weighted by Gasteiger charge is -2.16. The molecule has 4 nitrogen and oxygen atoms in total. The Morgan fingerprint density at radius 2 is 2.21 bits per heavy atom. The average molecular weight is 193 g/mol. The van der Waals surface area contributed by atoms with E-state index in [2.05, 4.69) is 0 Å². The van der Waals surface area contributed by atoms with Crippen LogP contribution in [0.4, 0.5) is 5.69 Å². The van der Waals surface area contributed by atoms with Crippen molar-refractivity contribution in [2.24, 2.45) is 0 Å². The second-order valence-electron chi connectivity index (χ2n) is 3.02. The largest absolute Gasteiger partial charge is 0.488 e. The van der Waals surface area contributed by atoms with Crippen molar-refractivity contribution in [2.75, 3.05) is 18.5 Å². The number of carbonyl (C=O) groups excluding carboxylic acids is 1. The molecular weight excluding hydrogens is 181 g/mol. The lowest BCUT2D eigenvalue weighted by molar-refractivity contribution is -0.106. The van der Waals surface area contributed by atoms with Gasteiger partial charge in [-0.2, -0.15) is 0 Å². The van der Waals surface area contributed by atoms with Crippen molar-refractivity contribution in [3.8, 4) is 0 Å². The molecule has 1 rings (SSSR count). The van der Waals surface area contributed by atoms with E-state index in [1.807, 2.05) is 0 Å². The molecule has 2 N–H and O–H groups in total. The van der Waals surface area contributed by atoms with E-state index in [4.69, 9.17) is 10.0 Å². The predicted molar refractivity (Wildman–Crippen MR) is 55.6 cm³/mol. The summed E-state index contributed by atoms with van der Waals surface area (Å²) in [6.07, 6.45) is 0.794. The molecule has 0 aliphatic heterocycles. The standard InChI is InChI=1S/C9H12BNO3/c1-11(5-6-12)9-4-2-3-8(7-9)10(13)14/h2-4,6-7,13-14H,5H2,1H3. The zero-order chi connectivity index (χ0) is 10.6. The minimum Gasteiger partial charge on any atom is -0.423 e. The normalized spacial score (nSPS) is 9.64. The Labute approximate surface area is 82.9 Å². The van der Waals surface area contributed by atoms with E-state index >= 15 is 0 Å². The second-order valence-corrected chi connectivity index (χ2v) is 3.02. The van der Waals surface area contributed by atoms with Gasteiger partial charge in [-0.15, -0.1) is 0 Å². The van der Waals surface area contributed by atoms with Crippen LogP contribution < -0.4 is 10.4 Å². The van der Waals surface area contributed by atoms with E-state index in [-0.39, 0.29) is 6.54 Å². The maximum absolute atomic E-state index is 10.3. The SMILES string of the molecule is CN(CC=O)c1cccc(B(O)O)c1. The molecule has 0 aromatic heterocycles. The van der Waals surface area contributed by atoms with Gasteiger partial charge in [-0.1, -0.05) is 12.1 Å². The number of hydrogen-bond donors (Lipinski definition) is 2. The van der Waals surface area contributed by atoms with Gasteiger partial charge >= 0.3 is 7.12 Å². The van der Waals surface area contributed by atoms with Gasteiger partial charge in [0.15, 0.2) is 0 Å². The van der Waals surface area contributed by atoms with Crippen LogP contribution in [0, 0.1) is 0 Å². The molecule has 0 amide bonds. The highest BCUT2D eigenvalue weighted by Crippen LogP contribution is 2.08. The Morgan fingerprint density at radius 1 is 1.50 bits per heavy atom. The van der Waals surface area contributed by atoms with Gasteiger partial charge in [0.05, 0.1) is 6.54 Å². The lowest BCUT2D eigenvalue weighted by atomic mass is 9.80. The van der Waals surface area contributed by atoms with Crippen LogP contribution in [-0.4, -0.2) is 37.0 Å². The van der Waals surface area contributed by atoms with Crippen LogP contribution in [0.5, 0.6) is 0 Å². The first kappa shape index (κ1) is 10.8. The van der Waals surface area contributed by atoms with Gasteiger partial charge < -0.3 is 19.7 Å². The van der Waals surface area contributed by atoms with Gasteiger partial charge in [0.25, 0.3) is 0 Å². The van der Waals surface area contributed by atoms with E-state index in [1.165, 1.54) is 0 Å². The molecule has 1 aromatic carbocycles. The molecule has 0 spiro atoms. The Kier molecular flexibility index (Phi) is 3.68. The summed E-state index contributed by atoms with van der Waals surface area (Å²) >= 11 is 0. The Morgan fingerprint density at radius 3 is 2.79 bits per heavy atom. The minimum absolute atomic E-state index is 0.283. The molecule has 0 bridgehead atoms. The molecule has 0 saturated heterocycles. The summed E-state index contributed by atoms with van der Waals surface area (Å²) in [6, 6.07) is 6.76. The fourth-order valence-electron chi connectivity index (χ4n) is 1.14. The number of likely N-dealkylation sites (N-methyl/N-ethyl adjacent to an activating group) is 1. The van der Waals surface area contributed by atoms with Gasteiger partial charge in [0.2, 0.25) is 0 Å². The Hall–Kier alpha value is -1.33. The second kappa shape index (κ2) is 4.78. The molecule has 5 heteroatoms. The zero-order valence-corrected chi connectivity index (χ0v) is 7.92. The van der Waals surface area contributed by atoms with Crippen LogP contribution in [0.15, 0.2) is 24.3 Å². The molecule has 0 saturated carbocycles. The fraction of sp³-hybridized carbons (Fsp3) is 0.222. The van der Waals surface area contributed by atoms with Crippen molar-refractivity contribution in [2.45, 2.75) is 0 Å². The van der Waals surface area contributed by atoms with Crippen molar-refractivity contribution >= 4 is 24.6 Å². The number of benzene rings is 1. The number of hydrogen-bond acceptors (Lipinski definition) is 4. The van der Waals surface area contributed by atoms with Crippen LogP contribution in [0.2, 0.25) is 0 Å². The first-order chi connectivity index (χ1) is 6.65. The smallest absolute Gasteiger partial charge is 0.423 e. The summed E-state index contributed by atoms with van der Waals surface area (Å²) in [5.74, 6) is 0. The molecule has 0 unspecified atom stereocenters. The van der Waals surface area contributed by atoms with Crippen molar-refractivity contribution < 1.29 is 14.8 Å². The predicted octanol–water partition coefficient (Wildman–Crippen LogP) is -0.999. The molecule has 0 atom stereocenters. The fourth-order valence-corrected chi connectivity index (χ4v) is 1.14. The highest BCUT2D eigenvalue weighted by atomic mass is 16.4. The summed E-state index contributed by atoms with van der Waals surface area (Å²) in [7, 11) is 0.289. The molecule has 0 heterocycles. The number of anilines is 1. The number of nitrogens with zero attached hydrogens (tertiary/aromatic N) is 1. The van der Waals surface area contributed by atoms with E-state index in [0.717, 1.165) is 12.0 Å². The lowest BCUT2D eigenvalue weighted by Crippen LogP contribution is -2.31. The third-order valence-corrected chi connectivity index (χ3v) is 1.96. The Bertz CT molecular complexity index is 317. The molecule has 1 aromatic rings. The topological polar surface area (TPSA) is 60.8 Å². The highest BCUT2D eigenvalue weighted by Gasteiger charge is 2.11. The Balaban J connectivity index is 2.87. The number of carbonyl (C=O) groups is 1. The van der Waals surface area contributed by atoms with Crippen LogP contribution in [0.3, 0.4) is 0 Å². The van der Waals surface area contributed by atoms with Gasteiger partial charge in [-0.25, -0.2) is 0 Å². The third kappa shape index (κ3) is 2.58. The molecule has 0 radical (unpaired) electrons. The third-order valence-electron chi connectivity index (χ3n) is 1.96. The summed E-state index contributed by atoms with van der Waals surface area (Å²) in [4.78, 5) is 12.0. The van der Waals surface area contributed by atoms with Crippen LogP contribution in [0.25, 0.3) is 0 Å². The summed E-state index contributed by atoms with van der Waals surface area (Å²) < 4.78 is 0. The van der Waals surface area contributed by atoms with Crippen LogP contribution in [-0.2, 0) is 4.79 Å². The molecule has 0 aliphatic rings. The quantitative estimate of drug-likeness (QED) is 0.475. The van der Waals surface area contributed by atoms with Crippen molar-refractivity contribution in [3.63, 3.8) is 0 Å². The van der Waals surface area contributed by atoms with Gasteiger partial charge in [-0.3, -0.25) is 0 Å². The first-order valence-corrected chi connectivity index (χ1v) is 4.26. The average Bonchev–Trinajstić information content (AvgIpc) is 2.18. The van der Waals surface area contributed by atoms with Crippen LogP contribution in [0.1, 0.15) is 0 Å². The number of aldehydes is 1. The van der Waals surface area contributed by atoms with Crippen LogP contribution >= 0.6 is 0 Å². The molecule has 0 aliphatic carbocycles. The van der Waals surface area contributed by atoms with E-state index < -0.39 is 7.12 Å². The summed E-state index contributed by atoms with van der Waals surface area (Å²) in [5.41, 5.74) is 1.20. The highest BCUT2D eigenvalue weighted by molar-refractivity contribution is 6.58. The zero-order valence-electron chi connectivity index (χ0n) is 7.92. The first-order valence-electron chi connectivity index (χ1n) is 4.26. The van der Waals surface area contributed by atoms with Crippen molar-refractivity contribution in [1.29, 1.82) is 0 Å².